The number of pyridine rings is 1. The number of ether oxygens (including phenoxy) is 3. The van der Waals surface area contributed by atoms with Crippen molar-refractivity contribution in [2.75, 3.05) is 18.5 Å². The van der Waals surface area contributed by atoms with Crippen molar-refractivity contribution in [2.45, 2.75) is 32.4 Å². The fourth-order valence-electron chi connectivity index (χ4n) is 2.60. The lowest BCUT2D eigenvalue weighted by Crippen LogP contribution is -2.40. The molecule has 3 N–H and O–H groups in total. The molecule has 30 heavy (non-hydrogen) atoms. The van der Waals surface area contributed by atoms with Gasteiger partial charge in [0.15, 0.2) is 12.5 Å². The molecule has 0 aliphatic carbocycles. The molecule has 3 rings (SSSR count). The SMILES string of the molecule is CC(C)[C@@H](N)C(=O)Nc1ccn([C@@H]2CO[C@H](COC(=O)c3cccnc3)O2)c(=O)n1. The Hall–Kier alpha value is -3.15. The van der Waals surface area contributed by atoms with Crippen LogP contribution in [0.2, 0.25) is 0 Å². The molecule has 1 aliphatic heterocycles. The Morgan fingerprint density at radius 1 is 1.40 bits per heavy atom. The number of rotatable bonds is 7. The minimum atomic E-state index is -0.828. The average molecular weight is 417 g/mol. The molecule has 3 atom stereocenters. The predicted octanol–water partition coefficient (Wildman–Crippen LogP) is 0.289. The first-order valence-corrected chi connectivity index (χ1v) is 9.35. The summed E-state index contributed by atoms with van der Waals surface area (Å²) >= 11 is 0. The Bertz CT molecular complexity index is 948. The van der Waals surface area contributed by atoms with Gasteiger partial charge in [-0.15, -0.1) is 0 Å². The van der Waals surface area contributed by atoms with E-state index in [1.807, 2.05) is 13.8 Å². The van der Waals surface area contributed by atoms with Crippen LogP contribution in [-0.2, 0) is 19.0 Å². The molecule has 0 bridgehead atoms. The number of hydrogen-bond donors (Lipinski definition) is 2. The molecule has 11 nitrogen and oxygen atoms in total. The van der Waals surface area contributed by atoms with Crippen molar-refractivity contribution in [3.8, 4) is 0 Å². The summed E-state index contributed by atoms with van der Waals surface area (Å²) in [6, 6.07) is 3.95. The Balaban J connectivity index is 1.55. The zero-order valence-electron chi connectivity index (χ0n) is 16.6. The number of carbonyl (C=O) groups is 2. The number of nitrogens with zero attached hydrogens (tertiary/aromatic N) is 3. The largest absolute Gasteiger partial charge is 0.457 e. The molecule has 0 spiro atoms. The number of nitrogens with two attached hydrogens (primary N) is 1. The third-order valence-corrected chi connectivity index (χ3v) is 4.39. The average Bonchev–Trinajstić information content (AvgIpc) is 3.20. The molecule has 1 aliphatic rings. The van der Waals surface area contributed by atoms with Crippen LogP contribution in [0.4, 0.5) is 5.82 Å². The van der Waals surface area contributed by atoms with Gasteiger partial charge in [0.25, 0.3) is 0 Å². The molecule has 3 heterocycles. The summed E-state index contributed by atoms with van der Waals surface area (Å²) in [5.41, 5.74) is 5.45. The second kappa shape index (κ2) is 9.57. The molecule has 1 amide bonds. The second-order valence-corrected chi connectivity index (χ2v) is 6.96. The highest BCUT2D eigenvalue weighted by atomic mass is 16.7. The van der Waals surface area contributed by atoms with Crippen LogP contribution in [0, 0.1) is 5.92 Å². The van der Waals surface area contributed by atoms with E-state index in [0.717, 1.165) is 0 Å². The van der Waals surface area contributed by atoms with E-state index in [4.69, 9.17) is 19.9 Å². The molecule has 0 aromatic carbocycles. The maximum atomic E-state index is 12.3. The Morgan fingerprint density at radius 2 is 2.20 bits per heavy atom. The van der Waals surface area contributed by atoms with Crippen LogP contribution in [-0.4, -0.2) is 52.0 Å². The van der Waals surface area contributed by atoms with Gasteiger partial charge in [-0.25, -0.2) is 9.59 Å². The van der Waals surface area contributed by atoms with Crippen LogP contribution in [0.1, 0.15) is 30.4 Å². The normalized spacial score (nSPS) is 19.5. The van der Waals surface area contributed by atoms with E-state index in [9.17, 15) is 14.4 Å². The molecule has 1 fully saturated rings. The highest BCUT2D eigenvalue weighted by molar-refractivity contribution is 5.93. The summed E-state index contributed by atoms with van der Waals surface area (Å²) in [5.74, 6) is -0.945. The van der Waals surface area contributed by atoms with Crippen LogP contribution in [0.15, 0.2) is 41.6 Å². The second-order valence-electron chi connectivity index (χ2n) is 6.96. The number of hydrogen-bond acceptors (Lipinski definition) is 9. The van der Waals surface area contributed by atoms with Crippen molar-refractivity contribution in [1.29, 1.82) is 0 Å². The van der Waals surface area contributed by atoms with Crippen molar-refractivity contribution in [1.82, 2.24) is 14.5 Å². The first-order chi connectivity index (χ1) is 14.3. The standard InChI is InChI=1S/C19H23N5O6/c1-11(2)16(20)17(25)22-13-5-7-24(19(27)23-13)14-9-28-15(30-14)10-29-18(26)12-4-3-6-21-8-12/h3-8,11,14-16H,9-10,20H2,1-2H3,(H,22,23,25,27)/t14-,15-,16+/m0/s1. The van der Waals surface area contributed by atoms with Gasteiger partial charge in [-0.3, -0.25) is 14.3 Å². The van der Waals surface area contributed by atoms with Crippen LogP contribution in [0.25, 0.3) is 0 Å². The highest BCUT2D eigenvalue weighted by Crippen LogP contribution is 2.20. The summed E-state index contributed by atoms with van der Waals surface area (Å²) in [6.07, 6.45) is 2.80. The summed E-state index contributed by atoms with van der Waals surface area (Å²) in [5, 5.41) is 2.52. The number of esters is 1. The van der Waals surface area contributed by atoms with Crippen LogP contribution < -0.4 is 16.7 Å². The van der Waals surface area contributed by atoms with E-state index in [0.29, 0.717) is 5.56 Å². The van der Waals surface area contributed by atoms with E-state index >= 15 is 0 Å². The molecular weight excluding hydrogens is 394 g/mol. The molecule has 160 valence electrons. The number of anilines is 1. The summed E-state index contributed by atoms with van der Waals surface area (Å²) in [6.45, 7) is 3.56. The maximum absolute atomic E-state index is 12.3. The molecular formula is C19H23N5O6. The fraction of sp³-hybridized carbons (Fsp3) is 0.421. The van der Waals surface area contributed by atoms with Crippen molar-refractivity contribution >= 4 is 17.7 Å². The molecule has 0 radical (unpaired) electrons. The number of aromatic nitrogens is 3. The molecule has 1 saturated heterocycles. The smallest absolute Gasteiger partial charge is 0.351 e. The lowest BCUT2D eigenvalue weighted by Gasteiger charge is -2.16. The van der Waals surface area contributed by atoms with E-state index < -0.39 is 36.1 Å². The van der Waals surface area contributed by atoms with Gasteiger partial charge < -0.3 is 25.3 Å². The predicted molar refractivity (Wildman–Crippen MR) is 104 cm³/mol. The molecule has 0 unspecified atom stereocenters. The Kier molecular flexibility index (Phi) is 6.87. The zero-order valence-corrected chi connectivity index (χ0v) is 16.6. The lowest BCUT2D eigenvalue weighted by molar-refractivity contribution is -0.118. The number of carbonyl (C=O) groups excluding carboxylic acids is 2. The van der Waals surface area contributed by atoms with Crippen molar-refractivity contribution in [3.05, 3.63) is 52.8 Å². The maximum Gasteiger partial charge on any atom is 0.351 e. The molecule has 2 aromatic rings. The number of nitrogens with one attached hydrogen (secondary N) is 1. The Labute approximate surface area is 172 Å². The first-order valence-electron chi connectivity index (χ1n) is 9.35. The Morgan fingerprint density at radius 3 is 2.87 bits per heavy atom. The monoisotopic (exact) mass is 417 g/mol. The van der Waals surface area contributed by atoms with Gasteiger partial charge in [0, 0.05) is 18.6 Å². The summed E-state index contributed by atoms with van der Waals surface area (Å²) in [7, 11) is 0. The van der Waals surface area contributed by atoms with E-state index in [-0.39, 0.29) is 24.9 Å². The van der Waals surface area contributed by atoms with Crippen LogP contribution >= 0.6 is 0 Å². The minimum Gasteiger partial charge on any atom is -0.457 e. The summed E-state index contributed by atoms with van der Waals surface area (Å²) < 4.78 is 17.4. The van der Waals surface area contributed by atoms with E-state index in [1.165, 1.54) is 23.0 Å². The van der Waals surface area contributed by atoms with Gasteiger partial charge in [-0.05, 0) is 24.1 Å². The third kappa shape index (κ3) is 5.26. The summed E-state index contributed by atoms with van der Waals surface area (Å²) in [4.78, 5) is 43.9. The quantitative estimate of drug-likeness (QED) is 0.606. The van der Waals surface area contributed by atoms with Crippen molar-refractivity contribution < 1.29 is 23.8 Å². The number of amides is 1. The first kappa shape index (κ1) is 21.6. The van der Waals surface area contributed by atoms with Gasteiger partial charge in [-0.2, -0.15) is 4.98 Å². The van der Waals surface area contributed by atoms with Gasteiger partial charge in [-0.1, -0.05) is 13.8 Å². The third-order valence-electron chi connectivity index (χ3n) is 4.39. The van der Waals surface area contributed by atoms with Gasteiger partial charge in [0.1, 0.15) is 12.4 Å². The van der Waals surface area contributed by atoms with E-state index in [2.05, 4.69) is 15.3 Å². The zero-order chi connectivity index (χ0) is 21.7. The van der Waals surface area contributed by atoms with Crippen molar-refractivity contribution in [3.63, 3.8) is 0 Å². The molecule has 11 heteroatoms. The minimum absolute atomic E-state index is 0.0569. The van der Waals surface area contributed by atoms with E-state index in [1.54, 1.807) is 18.3 Å². The van der Waals surface area contributed by atoms with Gasteiger partial charge >= 0.3 is 11.7 Å². The van der Waals surface area contributed by atoms with Crippen LogP contribution in [0.5, 0.6) is 0 Å². The van der Waals surface area contributed by atoms with Crippen LogP contribution in [0.3, 0.4) is 0 Å². The molecule has 2 aromatic heterocycles. The lowest BCUT2D eigenvalue weighted by atomic mass is 10.1. The highest BCUT2D eigenvalue weighted by Gasteiger charge is 2.29. The van der Waals surface area contributed by atoms with Crippen molar-refractivity contribution in [2.24, 2.45) is 11.7 Å². The molecule has 0 saturated carbocycles. The fourth-order valence-corrected chi connectivity index (χ4v) is 2.60. The topological polar surface area (TPSA) is 148 Å². The van der Waals surface area contributed by atoms with Gasteiger partial charge in [0.05, 0.1) is 18.2 Å². The van der Waals surface area contributed by atoms with Gasteiger partial charge in [0.2, 0.25) is 5.91 Å².